The molecular weight excluding hydrogens is 238 g/mol. The molecule has 0 spiro atoms. The molecule has 1 aliphatic heterocycles. The maximum Gasteiger partial charge on any atom is 0.119 e. The first-order valence-corrected chi connectivity index (χ1v) is 7.33. The lowest BCUT2D eigenvalue weighted by Crippen LogP contribution is -2.47. The van der Waals surface area contributed by atoms with E-state index in [-0.39, 0.29) is 0 Å². The predicted octanol–water partition coefficient (Wildman–Crippen LogP) is 2.71. The molecule has 1 heterocycles. The van der Waals surface area contributed by atoms with E-state index in [0.29, 0.717) is 18.0 Å². The first kappa shape index (κ1) is 12.9. The minimum Gasteiger partial charge on any atom is -0.497 e. The lowest BCUT2D eigenvalue weighted by atomic mass is 9.75. The molecule has 1 aromatic rings. The molecule has 1 aliphatic carbocycles. The van der Waals surface area contributed by atoms with Crippen molar-refractivity contribution in [1.29, 1.82) is 0 Å². The van der Waals surface area contributed by atoms with E-state index in [4.69, 9.17) is 9.47 Å². The molecule has 1 N–H and O–H groups in total. The van der Waals surface area contributed by atoms with Gasteiger partial charge in [-0.05, 0) is 49.3 Å². The Balaban J connectivity index is 1.48. The van der Waals surface area contributed by atoms with Crippen molar-refractivity contribution in [3.8, 4) is 5.75 Å². The van der Waals surface area contributed by atoms with Crippen molar-refractivity contribution in [2.45, 2.75) is 43.7 Å². The highest BCUT2D eigenvalue weighted by Gasteiger charge is 2.32. The van der Waals surface area contributed by atoms with Crippen LogP contribution in [0, 0.1) is 0 Å². The van der Waals surface area contributed by atoms with Gasteiger partial charge in [0, 0.05) is 25.3 Å². The normalized spacial score (nSPS) is 27.8. The van der Waals surface area contributed by atoms with Gasteiger partial charge in [-0.3, -0.25) is 0 Å². The van der Waals surface area contributed by atoms with Crippen LogP contribution in [0.1, 0.15) is 37.2 Å². The van der Waals surface area contributed by atoms with Crippen molar-refractivity contribution in [2.75, 3.05) is 20.3 Å². The summed E-state index contributed by atoms with van der Waals surface area (Å²) in [7, 11) is 1.73. The van der Waals surface area contributed by atoms with Crippen LogP contribution in [0.2, 0.25) is 0 Å². The second-order valence-electron chi connectivity index (χ2n) is 5.70. The zero-order valence-corrected chi connectivity index (χ0v) is 11.6. The molecule has 0 atom stereocenters. The standard InChI is InChI=1S/C16H23NO2/c1-18-16-4-2-3-12(11-16)13-9-15(10-13)17-14-5-7-19-8-6-14/h2-4,11,13-15,17H,5-10H2,1H3. The average Bonchev–Trinajstić information content (AvgIpc) is 2.43. The van der Waals surface area contributed by atoms with Crippen LogP contribution >= 0.6 is 0 Å². The molecule has 1 saturated heterocycles. The Bertz CT molecular complexity index is 409. The molecule has 2 aliphatic rings. The number of hydrogen-bond donors (Lipinski definition) is 1. The third-order valence-corrected chi connectivity index (χ3v) is 4.40. The van der Waals surface area contributed by atoms with Crippen LogP contribution in [0.25, 0.3) is 0 Å². The largest absolute Gasteiger partial charge is 0.497 e. The van der Waals surface area contributed by atoms with Gasteiger partial charge in [0.05, 0.1) is 7.11 Å². The van der Waals surface area contributed by atoms with Crippen molar-refractivity contribution in [2.24, 2.45) is 0 Å². The molecule has 19 heavy (non-hydrogen) atoms. The van der Waals surface area contributed by atoms with Gasteiger partial charge in [0.2, 0.25) is 0 Å². The van der Waals surface area contributed by atoms with Gasteiger partial charge in [-0.15, -0.1) is 0 Å². The lowest BCUT2D eigenvalue weighted by molar-refractivity contribution is 0.0698. The van der Waals surface area contributed by atoms with Crippen molar-refractivity contribution >= 4 is 0 Å². The number of hydrogen-bond acceptors (Lipinski definition) is 3. The van der Waals surface area contributed by atoms with Crippen LogP contribution in [0.4, 0.5) is 0 Å². The number of methoxy groups -OCH3 is 1. The number of benzene rings is 1. The zero-order valence-electron chi connectivity index (χ0n) is 11.6. The summed E-state index contributed by atoms with van der Waals surface area (Å²) in [6.45, 7) is 1.84. The fraction of sp³-hybridized carbons (Fsp3) is 0.625. The molecule has 3 rings (SSSR count). The molecule has 3 heteroatoms. The Morgan fingerprint density at radius 2 is 1.95 bits per heavy atom. The summed E-state index contributed by atoms with van der Waals surface area (Å²) in [5.74, 6) is 1.67. The van der Waals surface area contributed by atoms with Crippen LogP contribution in [0.5, 0.6) is 5.75 Å². The van der Waals surface area contributed by atoms with Crippen molar-refractivity contribution in [3.63, 3.8) is 0 Å². The molecule has 1 aromatic carbocycles. The van der Waals surface area contributed by atoms with Gasteiger partial charge in [0.25, 0.3) is 0 Å². The maximum absolute atomic E-state index is 5.40. The van der Waals surface area contributed by atoms with E-state index in [9.17, 15) is 0 Å². The Kier molecular flexibility index (Phi) is 4.04. The van der Waals surface area contributed by atoms with Gasteiger partial charge in [0.1, 0.15) is 5.75 Å². The number of nitrogens with one attached hydrogen (secondary N) is 1. The summed E-state index contributed by atoms with van der Waals surface area (Å²) in [5.41, 5.74) is 1.42. The van der Waals surface area contributed by atoms with Gasteiger partial charge in [0.15, 0.2) is 0 Å². The summed E-state index contributed by atoms with van der Waals surface area (Å²) in [4.78, 5) is 0. The molecule has 0 aromatic heterocycles. The Morgan fingerprint density at radius 3 is 2.68 bits per heavy atom. The van der Waals surface area contributed by atoms with Crippen molar-refractivity contribution < 1.29 is 9.47 Å². The van der Waals surface area contributed by atoms with E-state index in [1.54, 1.807) is 7.11 Å². The molecule has 0 amide bonds. The fourth-order valence-corrected chi connectivity index (χ4v) is 3.12. The van der Waals surface area contributed by atoms with Gasteiger partial charge >= 0.3 is 0 Å². The fourth-order valence-electron chi connectivity index (χ4n) is 3.12. The van der Waals surface area contributed by atoms with E-state index in [0.717, 1.165) is 19.0 Å². The predicted molar refractivity (Wildman–Crippen MR) is 75.7 cm³/mol. The summed E-state index contributed by atoms with van der Waals surface area (Å²) in [6, 6.07) is 9.87. The Labute approximate surface area is 115 Å². The van der Waals surface area contributed by atoms with E-state index in [2.05, 4.69) is 23.5 Å². The maximum atomic E-state index is 5.40. The summed E-state index contributed by atoms with van der Waals surface area (Å²) in [6.07, 6.45) is 4.84. The quantitative estimate of drug-likeness (QED) is 0.904. The SMILES string of the molecule is COc1cccc(C2CC(NC3CCOCC3)C2)c1. The van der Waals surface area contributed by atoms with Crippen molar-refractivity contribution in [1.82, 2.24) is 5.32 Å². The molecule has 104 valence electrons. The highest BCUT2D eigenvalue weighted by molar-refractivity contribution is 5.32. The summed E-state index contributed by atoms with van der Waals surface area (Å²) < 4.78 is 10.7. The second-order valence-corrected chi connectivity index (χ2v) is 5.70. The summed E-state index contributed by atoms with van der Waals surface area (Å²) in [5, 5.41) is 3.77. The highest BCUT2D eigenvalue weighted by atomic mass is 16.5. The van der Waals surface area contributed by atoms with Crippen LogP contribution < -0.4 is 10.1 Å². The van der Waals surface area contributed by atoms with Crippen molar-refractivity contribution in [3.05, 3.63) is 29.8 Å². The van der Waals surface area contributed by atoms with Crippen LogP contribution in [0.3, 0.4) is 0 Å². The highest BCUT2D eigenvalue weighted by Crippen LogP contribution is 2.38. The molecular formula is C16H23NO2. The third-order valence-electron chi connectivity index (χ3n) is 4.40. The minimum absolute atomic E-state index is 0.671. The van der Waals surface area contributed by atoms with Gasteiger partial charge in [-0.25, -0.2) is 0 Å². The Morgan fingerprint density at radius 1 is 1.16 bits per heavy atom. The topological polar surface area (TPSA) is 30.5 Å². The monoisotopic (exact) mass is 261 g/mol. The second kappa shape index (κ2) is 5.93. The van der Waals surface area contributed by atoms with Crippen LogP contribution in [-0.4, -0.2) is 32.4 Å². The van der Waals surface area contributed by atoms with Crippen LogP contribution in [0.15, 0.2) is 24.3 Å². The molecule has 0 unspecified atom stereocenters. The van der Waals surface area contributed by atoms with E-state index in [1.807, 2.05) is 6.07 Å². The third kappa shape index (κ3) is 3.10. The molecule has 1 saturated carbocycles. The minimum atomic E-state index is 0.671. The van der Waals surface area contributed by atoms with Gasteiger partial charge in [-0.2, -0.15) is 0 Å². The van der Waals surface area contributed by atoms with E-state index in [1.165, 1.54) is 31.2 Å². The van der Waals surface area contributed by atoms with Gasteiger partial charge in [-0.1, -0.05) is 12.1 Å². The number of ether oxygens (including phenoxy) is 2. The first-order chi connectivity index (χ1) is 9.35. The molecule has 0 radical (unpaired) electrons. The Hall–Kier alpha value is -1.06. The smallest absolute Gasteiger partial charge is 0.119 e. The molecule has 2 fully saturated rings. The van der Waals surface area contributed by atoms with E-state index < -0.39 is 0 Å². The summed E-state index contributed by atoms with van der Waals surface area (Å²) >= 11 is 0. The first-order valence-electron chi connectivity index (χ1n) is 7.33. The van der Waals surface area contributed by atoms with Gasteiger partial charge < -0.3 is 14.8 Å². The average molecular weight is 261 g/mol. The molecule has 0 bridgehead atoms. The number of rotatable bonds is 4. The van der Waals surface area contributed by atoms with Crippen LogP contribution in [-0.2, 0) is 4.74 Å². The van der Waals surface area contributed by atoms with E-state index >= 15 is 0 Å². The molecule has 3 nitrogen and oxygen atoms in total. The zero-order chi connectivity index (χ0) is 13.1. The lowest BCUT2D eigenvalue weighted by Gasteiger charge is -2.39.